The van der Waals surface area contributed by atoms with Crippen molar-refractivity contribution in [3.63, 3.8) is 0 Å². The van der Waals surface area contributed by atoms with Crippen LogP contribution in [0.4, 0.5) is 0 Å². The molecule has 0 bridgehead atoms. The summed E-state index contributed by atoms with van der Waals surface area (Å²) in [6.07, 6.45) is 8.56. The normalized spacial score (nSPS) is 44.1. The topological polar surface area (TPSA) is 23.5 Å². The third-order valence-electron chi connectivity index (χ3n) is 5.17. The second-order valence-electron chi connectivity index (χ2n) is 6.16. The zero-order valence-electron chi connectivity index (χ0n) is 11.7. The smallest absolute Gasteiger partial charge is 0.0695 e. The summed E-state index contributed by atoms with van der Waals surface area (Å²) in [5, 5.41) is 10.3. The highest BCUT2D eigenvalue weighted by Crippen LogP contribution is 2.37. The molecule has 1 saturated heterocycles. The van der Waals surface area contributed by atoms with Crippen LogP contribution in [0.15, 0.2) is 0 Å². The van der Waals surface area contributed by atoms with E-state index in [2.05, 4.69) is 25.7 Å². The summed E-state index contributed by atoms with van der Waals surface area (Å²) >= 11 is 0. The fourth-order valence-electron chi connectivity index (χ4n) is 4.01. The molecule has 1 aliphatic carbocycles. The minimum atomic E-state index is -0.0765. The molecule has 0 aromatic carbocycles. The summed E-state index contributed by atoms with van der Waals surface area (Å²) in [6, 6.07) is 1.84. The molecule has 100 valence electrons. The average molecular weight is 239 g/mol. The Morgan fingerprint density at radius 1 is 1.06 bits per heavy atom. The summed E-state index contributed by atoms with van der Waals surface area (Å²) in [5.74, 6) is 0.841. The summed E-state index contributed by atoms with van der Waals surface area (Å²) < 4.78 is 0. The van der Waals surface area contributed by atoms with E-state index in [4.69, 9.17) is 0 Å². The molecule has 0 aromatic rings. The van der Waals surface area contributed by atoms with Crippen molar-refractivity contribution in [3.05, 3.63) is 0 Å². The number of aliphatic hydroxyl groups is 1. The lowest BCUT2D eigenvalue weighted by Crippen LogP contribution is -2.51. The van der Waals surface area contributed by atoms with Crippen LogP contribution in [0, 0.1) is 5.92 Å². The molecule has 2 fully saturated rings. The Morgan fingerprint density at radius 3 is 2.47 bits per heavy atom. The quantitative estimate of drug-likeness (QED) is 0.817. The first-order chi connectivity index (χ1) is 8.17. The van der Waals surface area contributed by atoms with E-state index in [1.54, 1.807) is 0 Å². The number of likely N-dealkylation sites (tertiary alicyclic amines) is 1. The van der Waals surface area contributed by atoms with Crippen molar-refractivity contribution in [2.45, 2.75) is 89.9 Å². The number of hydrogen-bond donors (Lipinski definition) is 1. The SMILES string of the molecule is CCC1CCC(O)C(N2C(C)CCC2CC)C1. The van der Waals surface area contributed by atoms with Crippen molar-refractivity contribution < 1.29 is 5.11 Å². The Morgan fingerprint density at radius 2 is 1.82 bits per heavy atom. The van der Waals surface area contributed by atoms with Gasteiger partial charge in [0.05, 0.1) is 6.10 Å². The molecule has 5 atom stereocenters. The van der Waals surface area contributed by atoms with Crippen LogP contribution >= 0.6 is 0 Å². The van der Waals surface area contributed by atoms with Crippen molar-refractivity contribution >= 4 is 0 Å². The van der Waals surface area contributed by atoms with E-state index in [1.807, 2.05) is 0 Å². The Labute approximate surface area is 106 Å². The summed E-state index contributed by atoms with van der Waals surface area (Å²) in [4.78, 5) is 2.66. The summed E-state index contributed by atoms with van der Waals surface area (Å²) in [7, 11) is 0. The molecule has 17 heavy (non-hydrogen) atoms. The van der Waals surface area contributed by atoms with Gasteiger partial charge in [-0.25, -0.2) is 0 Å². The van der Waals surface area contributed by atoms with Crippen molar-refractivity contribution in [2.24, 2.45) is 5.92 Å². The molecule has 0 amide bonds. The monoisotopic (exact) mass is 239 g/mol. The van der Waals surface area contributed by atoms with Gasteiger partial charge in [0, 0.05) is 18.1 Å². The van der Waals surface area contributed by atoms with Crippen LogP contribution in [0.5, 0.6) is 0 Å². The lowest BCUT2D eigenvalue weighted by Gasteiger charge is -2.43. The third-order valence-corrected chi connectivity index (χ3v) is 5.17. The third kappa shape index (κ3) is 2.68. The highest BCUT2D eigenvalue weighted by Gasteiger charge is 2.40. The van der Waals surface area contributed by atoms with Gasteiger partial charge in [-0.3, -0.25) is 4.90 Å². The van der Waals surface area contributed by atoms with Gasteiger partial charge in [-0.2, -0.15) is 0 Å². The fraction of sp³-hybridized carbons (Fsp3) is 1.00. The predicted molar refractivity (Wildman–Crippen MR) is 72.0 cm³/mol. The minimum absolute atomic E-state index is 0.0765. The maximum Gasteiger partial charge on any atom is 0.0695 e. The van der Waals surface area contributed by atoms with Crippen LogP contribution in [0.1, 0.15) is 65.7 Å². The highest BCUT2D eigenvalue weighted by atomic mass is 16.3. The van der Waals surface area contributed by atoms with Crippen molar-refractivity contribution in [1.82, 2.24) is 4.90 Å². The maximum atomic E-state index is 10.3. The lowest BCUT2D eigenvalue weighted by molar-refractivity contribution is -0.0183. The maximum absolute atomic E-state index is 10.3. The summed E-state index contributed by atoms with van der Waals surface area (Å²) in [6.45, 7) is 6.93. The van der Waals surface area contributed by atoms with Crippen LogP contribution in [0.25, 0.3) is 0 Å². The second-order valence-corrected chi connectivity index (χ2v) is 6.16. The molecule has 2 rings (SSSR count). The van der Waals surface area contributed by atoms with E-state index in [1.165, 1.54) is 38.5 Å². The van der Waals surface area contributed by atoms with Crippen LogP contribution in [-0.4, -0.2) is 34.2 Å². The molecule has 0 aromatic heterocycles. The van der Waals surface area contributed by atoms with Crippen LogP contribution in [0.3, 0.4) is 0 Å². The van der Waals surface area contributed by atoms with E-state index in [-0.39, 0.29) is 6.10 Å². The van der Waals surface area contributed by atoms with Gasteiger partial charge < -0.3 is 5.11 Å². The Kier molecular flexibility index (Phi) is 4.48. The molecule has 2 aliphatic rings. The van der Waals surface area contributed by atoms with Crippen LogP contribution in [-0.2, 0) is 0 Å². The number of aliphatic hydroxyl groups excluding tert-OH is 1. The molecular formula is C15H29NO. The average Bonchev–Trinajstić information content (AvgIpc) is 2.71. The molecule has 2 heteroatoms. The highest BCUT2D eigenvalue weighted by molar-refractivity contribution is 4.95. The number of hydrogen-bond acceptors (Lipinski definition) is 2. The van der Waals surface area contributed by atoms with E-state index in [0.717, 1.165) is 18.4 Å². The van der Waals surface area contributed by atoms with Crippen LogP contribution in [0.2, 0.25) is 0 Å². The molecule has 0 spiro atoms. The zero-order valence-corrected chi connectivity index (χ0v) is 11.7. The Balaban J connectivity index is 2.07. The molecule has 5 unspecified atom stereocenters. The van der Waals surface area contributed by atoms with Gasteiger partial charge in [-0.15, -0.1) is 0 Å². The van der Waals surface area contributed by atoms with Gasteiger partial charge in [0.15, 0.2) is 0 Å². The predicted octanol–water partition coefficient (Wildman–Crippen LogP) is 3.19. The molecule has 1 saturated carbocycles. The van der Waals surface area contributed by atoms with E-state index < -0.39 is 0 Å². The lowest BCUT2D eigenvalue weighted by atomic mass is 9.81. The molecule has 1 aliphatic heterocycles. The van der Waals surface area contributed by atoms with Gasteiger partial charge in [-0.05, 0) is 51.4 Å². The van der Waals surface area contributed by atoms with E-state index in [0.29, 0.717) is 12.1 Å². The molecule has 0 radical (unpaired) electrons. The van der Waals surface area contributed by atoms with E-state index >= 15 is 0 Å². The van der Waals surface area contributed by atoms with Crippen molar-refractivity contribution in [2.75, 3.05) is 0 Å². The fourth-order valence-corrected chi connectivity index (χ4v) is 4.01. The largest absolute Gasteiger partial charge is 0.391 e. The first kappa shape index (κ1) is 13.4. The van der Waals surface area contributed by atoms with Crippen LogP contribution < -0.4 is 0 Å². The van der Waals surface area contributed by atoms with Gasteiger partial charge in [-0.1, -0.05) is 20.3 Å². The standard InChI is InChI=1S/C15H29NO/c1-4-12-7-9-15(17)14(10-12)16-11(3)6-8-13(16)5-2/h11-15,17H,4-10H2,1-3H3. The molecule has 1 N–H and O–H groups in total. The second kappa shape index (κ2) is 5.71. The zero-order chi connectivity index (χ0) is 12.4. The number of rotatable bonds is 3. The number of nitrogens with zero attached hydrogens (tertiary/aromatic N) is 1. The molecular weight excluding hydrogens is 210 g/mol. The first-order valence-corrected chi connectivity index (χ1v) is 7.62. The summed E-state index contributed by atoms with van der Waals surface area (Å²) in [5.41, 5.74) is 0. The van der Waals surface area contributed by atoms with Gasteiger partial charge in [0.2, 0.25) is 0 Å². The van der Waals surface area contributed by atoms with Crippen molar-refractivity contribution in [3.8, 4) is 0 Å². The van der Waals surface area contributed by atoms with Crippen molar-refractivity contribution in [1.29, 1.82) is 0 Å². The van der Waals surface area contributed by atoms with E-state index in [9.17, 15) is 5.11 Å². The van der Waals surface area contributed by atoms with Gasteiger partial charge in [0.25, 0.3) is 0 Å². The Hall–Kier alpha value is -0.0800. The molecule has 2 nitrogen and oxygen atoms in total. The minimum Gasteiger partial charge on any atom is -0.391 e. The molecule has 1 heterocycles. The Bertz CT molecular complexity index is 243. The van der Waals surface area contributed by atoms with Gasteiger partial charge >= 0.3 is 0 Å². The van der Waals surface area contributed by atoms with Gasteiger partial charge in [0.1, 0.15) is 0 Å². The first-order valence-electron chi connectivity index (χ1n) is 7.62.